The van der Waals surface area contributed by atoms with Crippen molar-refractivity contribution in [3.05, 3.63) is 52.3 Å². The van der Waals surface area contributed by atoms with Crippen LogP contribution in [0.15, 0.2) is 41.0 Å². The molecule has 2 aromatic rings. The van der Waals surface area contributed by atoms with Crippen LogP contribution in [0.4, 0.5) is 5.69 Å². The fourth-order valence-corrected chi connectivity index (χ4v) is 3.61. The maximum absolute atomic E-state index is 12.4. The molecule has 0 aliphatic carbocycles. The highest BCUT2D eigenvalue weighted by Gasteiger charge is 2.28. The molecule has 1 aromatic carbocycles. The molecular formula is C18H22BrN3O. The van der Waals surface area contributed by atoms with E-state index in [4.69, 9.17) is 0 Å². The summed E-state index contributed by atoms with van der Waals surface area (Å²) in [5.74, 6) is 0.0434. The van der Waals surface area contributed by atoms with E-state index in [2.05, 4.69) is 56.1 Å². The summed E-state index contributed by atoms with van der Waals surface area (Å²) in [5, 5.41) is 3.00. The molecule has 1 amide bonds. The Bertz CT molecular complexity index is 710. The summed E-state index contributed by atoms with van der Waals surface area (Å²) >= 11 is 3.50. The van der Waals surface area contributed by atoms with Crippen molar-refractivity contribution in [1.82, 2.24) is 9.47 Å². The van der Waals surface area contributed by atoms with Crippen LogP contribution in [-0.2, 0) is 11.8 Å². The highest BCUT2D eigenvalue weighted by atomic mass is 79.9. The molecule has 0 saturated carbocycles. The predicted octanol–water partition coefficient (Wildman–Crippen LogP) is 3.87. The van der Waals surface area contributed by atoms with E-state index in [0.717, 1.165) is 35.1 Å². The molecule has 1 fully saturated rings. The minimum atomic E-state index is 0.0434. The van der Waals surface area contributed by atoms with Crippen molar-refractivity contribution >= 4 is 27.5 Å². The molecular weight excluding hydrogens is 354 g/mol. The predicted molar refractivity (Wildman–Crippen MR) is 96.5 cm³/mol. The highest BCUT2D eigenvalue weighted by Crippen LogP contribution is 2.31. The molecule has 1 saturated heterocycles. The number of halogens is 1. The number of likely N-dealkylation sites (tertiary alicyclic amines) is 1. The average Bonchev–Trinajstić information content (AvgIpc) is 3.11. The Morgan fingerprint density at radius 3 is 2.91 bits per heavy atom. The van der Waals surface area contributed by atoms with Gasteiger partial charge in [0.2, 0.25) is 5.91 Å². The molecule has 122 valence electrons. The number of aromatic nitrogens is 1. The summed E-state index contributed by atoms with van der Waals surface area (Å²) in [7, 11) is 2.07. The van der Waals surface area contributed by atoms with Gasteiger partial charge in [-0.3, -0.25) is 9.69 Å². The first-order valence-electron chi connectivity index (χ1n) is 7.96. The van der Waals surface area contributed by atoms with Crippen molar-refractivity contribution in [2.24, 2.45) is 7.05 Å². The molecule has 1 aliphatic rings. The van der Waals surface area contributed by atoms with E-state index in [9.17, 15) is 4.79 Å². The molecule has 0 bridgehead atoms. The Kier molecular flexibility index (Phi) is 4.87. The SMILES string of the molecule is Cc1ccc(NC(=O)CN2CCC[C@@H]2c2cccn2C)cc1Br. The van der Waals surface area contributed by atoms with Gasteiger partial charge in [-0.2, -0.15) is 0 Å². The van der Waals surface area contributed by atoms with E-state index >= 15 is 0 Å². The molecule has 1 aliphatic heterocycles. The molecule has 0 radical (unpaired) electrons. The molecule has 23 heavy (non-hydrogen) atoms. The summed E-state index contributed by atoms with van der Waals surface area (Å²) in [5.41, 5.74) is 3.28. The van der Waals surface area contributed by atoms with E-state index in [1.807, 2.05) is 25.1 Å². The van der Waals surface area contributed by atoms with Gasteiger partial charge in [0.05, 0.1) is 12.6 Å². The minimum absolute atomic E-state index is 0.0434. The van der Waals surface area contributed by atoms with Crippen LogP contribution in [0.2, 0.25) is 0 Å². The van der Waals surface area contributed by atoms with Gasteiger partial charge in [0.1, 0.15) is 0 Å². The fraction of sp³-hybridized carbons (Fsp3) is 0.389. The fourth-order valence-electron chi connectivity index (χ4n) is 3.23. The lowest BCUT2D eigenvalue weighted by molar-refractivity contribution is -0.117. The van der Waals surface area contributed by atoms with Crippen LogP contribution in [0, 0.1) is 6.92 Å². The first-order chi connectivity index (χ1) is 11.0. The monoisotopic (exact) mass is 375 g/mol. The van der Waals surface area contributed by atoms with Gasteiger partial charge in [0.25, 0.3) is 0 Å². The number of hydrogen-bond donors (Lipinski definition) is 1. The summed E-state index contributed by atoms with van der Waals surface area (Å²) in [6, 6.07) is 10.4. The lowest BCUT2D eigenvalue weighted by atomic mass is 10.1. The molecule has 3 rings (SSSR count). The zero-order chi connectivity index (χ0) is 16.4. The summed E-state index contributed by atoms with van der Waals surface area (Å²) in [6.45, 7) is 3.44. The molecule has 0 spiro atoms. The normalized spacial score (nSPS) is 18.3. The van der Waals surface area contributed by atoms with Crippen molar-refractivity contribution in [3.63, 3.8) is 0 Å². The Morgan fingerprint density at radius 2 is 2.22 bits per heavy atom. The van der Waals surface area contributed by atoms with Gasteiger partial charge in [0.15, 0.2) is 0 Å². The van der Waals surface area contributed by atoms with Crippen LogP contribution in [0.3, 0.4) is 0 Å². The standard InChI is InChI=1S/C18H22BrN3O/c1-13-7-8-14(11-15(13)19)20-18(23)12-22-10-4-6-17(22)16-5-3-9-21(16)2/h3,5,7-9,11,17H,4,6,10,12H2,1-2H3,(H,20,23)/t17-/m1/s1. The third-order valence-corrected chi connectivity index (χ3v) is 5.35. The quantitative estimate of drug-likeness (QED) is 0.880. The van der Waals surface area contributed by atoms with E-state index < -0.39 is 0 Å². The average molecular weight is 376 g/mol. The topological polar surface area (TPSA) is 37.3 Å². The van der Waals surface area contributed by atoms with Crippen LogP contribution in [-0.4, -0.2) is 28.5 Å². The Hall–Kier alpha value is -1.59. The lowest BCUT2D eigenvalue weighted by Crippen LogP contribution is -2.33. The van der Waals surface area contributed by atoms with Crippen LogP contribution in [0.5, 0.6) is 0 Å². The van der Waals surface area contributed by atoms with Crippen molar-refractivity contribution in [3.8, 4) is 0 Å². The van der Waals surface area contributed by atoms with Gasteiger partial charge in [-0.05, 0) is 56.1 Å². The smallest absolute Gasteiger partial charge is 0.238 e. The number of hydrogen-bond acceptors (Lipinski definition) is 2. The molecule has 1 aromatic heterocycles. The van der Waals surface area contributed by atoms with Crippen LogP contribution < -0.4 is 5.32 Å². The second-order valence-electron chi connectivity index (χ2n) is 6.18. The number of nitrogens with zero attached hydrogens (tertiary/aromatic N) is 2. The first kappa shape index (κ1) is 16.3. The lowest BCUT2D eigenvalue weighted by Gasteiger charge is -2.24. The van der Waals surface area contributed by atoms with E-state index in [1.54, 1.807) is 0 Å². The Balaban J connectivity index is 1.65. The van der Waals surface area contributed by atoms with Crippen LogP contribution >= 0.6 is 15.9 Å². The van der Waals surface area contributed by atoms with Crippen LogP contribution in [0.1, 0.15) is 30.1 Å². The van der Waals surface area contributed by atoms with Crippen molar-refractivity contribution in [2.75, 3.05) is 18.4 Å². The molecule has 0 unspecified atom stereocenters. The Labute approximate surface area is 145 Å². The summed E-state index contributed by atoms with van der Waals surface area (Å²) in [4.78, 5) is 14.7. The second kappa shape index (κ2) is 6.89. The van der Waals surface area contributed by atoms with E-state index in [-0.39, 0.29) is 5.91 Å². The largest absolute Gasteiger partial charge is 0.353 e. The first-order valence-corrected chi connectivity index (χ1v) is 8.75. The maximum Gasteiger partial charge on any atom is 0.238 e. The number of nitrogens with one attached hydrogen (secondary N) is 1. The number of carbonyl (C=O) groups is 1. The third kappa shape index (κ3) is 3.67. The van der Waals surface area contributed by atoms with Gasteiger partial charge in [-0.15, -0.1) is 0 Å². The highest BCUT2D eigenvalue weighted by molar-refractivity contribution is 9.10. The molecule has 5 heteroatoms. The number of anilines is 1. The molecule has 4 nitrogen and oxygen atoms in total. The Morgan fingerprint density at radius 1 is 1.39 bits per heavy atom. The van der Waals surface area contributed by atoms with E-state index in [1.165, 1.54) is 5.69 Å². The molecule has 2 heterocycles. The van der Waals surface area contributed by atoms with E-state index in [0.29, 0.717) is 12.6 Å². The van der Waals surface area contributed by atoms with Crippen molar-refractivity contribution in [1.29, 1.82) is 0 Å². The molecule has 1 N–H and O–H groups in total. The zero-order valence-electron chi connectivity index (χ0n) is 13.6. The zero-order valence-corrected chi connectivity index (χ0v) is 15.1. The minimum Gasteiger partial charge on any atom is -0.353 e. The van der Waals surface area contributed by atoms with Gasteiger partial charge < -0.3 is 9.88 Å². The third-order valence-electron chi connectivity index (χ3n) is 4.49. The number of carbonyl (C=O) groups excluding carboxylic acids is 1. The van der Waals surface area contributed by atoms with Gasteiger partial charge >= 0.3 is 0 Å². The number of benzene rings is 1. The van der Waals surface area contributed by atoms with Crippen LogP contribution in [0.25, 0.3) is 0 Å². The van der Waals surface area contributed by atoms with Gasteiger partial charge in [-0.1, -0.05) is 22.0 Å². The summed E-state index contributed by atoms with van der Waals surface area (Å²) in [6.07, 6.45) is 4.32. The van der Waals surface area contributed by atoms with Crippen molar-refractivity contribution in [2.45, 2.75) is 25.8 Å². The number of aryl methyl sites for hydroxylation is 2. The number of amides is 1. The van der Waals surface area contributed by atoms with Crippen molar-refractivity contribution < 1.29 is 4.79 Å². The second-order valence-corrected chi connectivity index (χ2v) is 7.04. The van der Waals surface area contributed by atoms with Gasteiger partial charge in [0, 0.05) is 29.1 Å². The molecule has 1 atom stereocenters. The maximum atomic E-state index is 12.4. The number of rotatable bonds is 4. The summed E-state index contributed by atoms with van der Waals surface area (Å²) < 4.78 is 3.16. The van der Waals surface area contributed by atoms with Gasteiger partial charge in [-0.25, -0.2) is 0 Å².